The van der Waals surface area contributed by atoms with Crippen LogP contribution in [-0.2, 0) is 16.6 Å². The van der Waals surface area contributed by atoms with E-state index in [-0.39, 0.29) is 29.7 Å². The Morgan fingerprint density at radius 1 is 0.833 bits per heavy atom. The molecular weight excluding hydrogens is 548 g/mol. The third-order valence-corrected chi connectivity index (χ3v) is 7.88. The molecule has 2 amide bonds. The van der Waals surface area contributed by atoms with Gasteiger partial charge in [-0.15, -0.1) is 11.8 Å². The Morgan fingerprint density at radius 2 is 1.48 bits per heavy atom. The quantitative estimate of drug-likeness (QED) is 0.199. The minimum absolute atomic E-state index is 0.132. The van der Waals surface area contributed by atoms with Crippen molar-refractivity contribution in [2.45, 2.75) is 17.1 Å². The summed E-state index contributed by atoms with van der Waals surface area (Å²) in [5.41, 5.74) is 2.62. The fourth-order valence-corrected chi connectivity index (χ4v) is 5.53. The molecule has 0 aliphatic rings. The number of rotatable bonds is 10. The number of anilines is 2. The molecule has 2 N–H and O–H groups in total. The molecule has 0 fully saturated rings. The first-order chi connectivity index (χ1) is 20.4. The Balaban J connectivity index is 1.35. The van der Waals surface area contributed by atoms with Crippen molar-refractivity contribution in [1.29, 1.82) is 0 Å². The summed E-state index contributed by atoms with van der Waals surface area (Å²) >= 11 is 1.33. The number of nitrogens with one attached hydrogen (secondary N) is 2. The molecule has 1 aromatic heterocycles. The number of para-hydroxylation sites is 2. The molecular formula is C33H30N4O4S. The highest BCUT2D eigenvalue weighted by Crippen LogP contribution is 2.37. The molecule has 212 valence electrons. The van der Waals surface area contributed by atoms with Gasteiger partial charge in [0.15, 0.2) is 6.61 Å². The lowest BCUT2D eigenvalue weighted by molar-refractivity contribution is -0.118. The third kappa shape index (κ3) is 6.64. The molecule has 8 nitrogen and oxygen atoms in total. The van der Waals surface area contributed by atoms with E-state index in [1.807, 2.05) is 97.1 Å². The molecule has 1 heterocycles. The van der Waals surface area contributed by atoms with E-state index in [0.29, 0.717) is 22.8 Å². The summed E-state index contributed by atoms with van der Waals surface area (Å²) in [6.45, 7) is 1.67. The van der Waals surface area contributed by atoms with Crippen LogP contribution in [-0.4, -0.2) is 27.8 Å². The van der Waals surface area contributed by atoms with E-state index in [1.165, 1.54) is 16.4 Å². The normalized spacial score (nSPS) is 11.5. The van der Waals surface area contributed by atoms with Crippen molar-refractivity contribution in [3.05, 3.63) is 137 Å². The molecule has 1 unspecified atom stereocenters. The third-order valence-electron chi connectivity index (χ3n) is 6.63. The van der Waals surface area contributed by atoms with Gasteiger partial charge in [-0.2, -0.15) is 0 Å². The van der Waals surface area contributed by atoms with Crippen molar-refractivity contribution in [3.63, 3.8) is 0 Å². The van der Waals surface area contributed by atoms with E-state index in [4.69, 9.17) is 4.74 Å². The lowest BCUT2D eigenvalue weighted by Crippen LogP contribution is -2.25. The van der Waals surface area contributed by atoms with E-state index in [2.05, 4.69) is 10.6 Å². The summed E-state index contributed by atoms with van der Waals surface area (Å²) < 4.78 is 8.80. The summed E-state index contributed by atoms with van der Waals surface area (Å²) in [5.74, 6) is -0.0200. The minimum Gasteiger partial charge on any atom is -0.484 e. The van der Waals surface area contributed by atoms with Gasteiger partial charge >= 0.3 is 0 Å². The summed E-state index contributed by atoms with van der Waals surface area (Å²) in [4.78, 5) is 40.5. The van der Waals surface area contributed by atoms with Crippen LogP contribution in [0.1, 0.15) is 16.5 Å². The van der Waals surface area contributed by atoms with Crippen LogP contribution in [0.5, 0.6) is 5.75 Å². The van der Waals surface area contributed by atoms with Crippen molar-refractivity contribution in [2.24, 2.45) is 7.05 Å². The summed E-state index contributed by atoms with van der Waals surface area (Å²) in [7, 11) is 1.79. The van der Waals surface area contributed by atoms with Gasteiger partial charge in [-0.3, -0.25) is 19.1 Å². The number of hydrogen-bond donors (Lipinski definition) is 2. The van der Waals surface area contributed by atoms with Crippen LogP contribution in [0, 0.1) is 6.92 Å². The van der Waals surface area contributed by atoms with E-state index >= 15 is 0 Å². The number of nitrogens with zero attached hydrogens (tertiary/aromatic N) is 2. The highest BCUT2D eigenvalue weighted by atomic mass is 32.2. The first-order valence-electron chi connectivity index (χ1n) is 13.3. The van der Waals surface area contributed by atoms with Gasteiger partial charge in [-0.1, -0.05) is 72.8 Å². The monoisotopic (exact) mass is 578 g/mol. The van der Waals surface area contributed by atoms with Gasteiger partial charge in [0.1, 0.15) is 16.7 Å². The molecule has 0 bridgehead atoms. The number of hydrogen-bond acceptors (Lipinski definition) is 5. The molecule has 0 aliphatic heterocycles. The maximum absolute atomic E-state index is 13.8. The second-order valence-electron chi connectivity index (χ2n) is 9.51. The van der Waals surface area contributed by atoms with Crippen LogP contribution >= 0.6 is 11.8 Å². The Morgan fingerprint density at radius 3 is 2.17 bits per heavy atom. The molecule has 0 saturated heterocycles. The molecule has 5 rings (SSSR count). The smallest absolute Gasteiger partial charge is 0.295 e. The van der Waals surface area contributed by atoms with Crippen LogP contribution in [0.15, 0.2) is 125 Å². The van der Waals surface area contributed by atoms with Gasteiger partial charge in [-0.05, 0) is 55.0 Å². The standard InChI is InChI=1S/C33H30N4O4S/c1-23-30(33(40)37(36(23)2)26-16-8-4-9-17-26)35-32(39)31(24-13-6-3-7-14-24)42-28-20-12-15-25(21-28)34-29(38)22-41-27-18-10-5-11-19-27/h3-21,31H,22H2,1-2H3,(H,34,38)(H,35,39). The number of carbonyl (C=O) groups is 2. The van der Waals surface area contributed by atoms with E-state index < -0.39 is 5.25 Å². The first kappa shape index (κ1) is 28.5. The van der Waals surface area contributed by atoms with Gasteiger partial charge in [0.05, 0.1) is 11.4 Å². The average Bonchev–Trinajstić information content (AvgIpc) is 3.23. The summed E-state index contributed by atoms with van der Waals surface area (Å²) in [6, 6.07) is 35.1. The molecule has 0 aliphatic carbocycles. The van der Waals surface area contributed by atoms with Gasteiger partial charge in [0.25, 0.3) is 11.5 Å². The predicted octanol–water partition coefficient (Wildman–Crippen LogP) is 5.97. The molecule has 4 aromatic carbocycles. The van der Waals surface area contributed by atoms with Gasteiger partial charge in [-0.25, -0.2) is 4.68 Å². The van der Waals surface area contributed by atoms with Crippen LogP contribution in [0.3, 0.4) is 0 Å². The first-order valence-corrected chi connectivity index (χ1v) is 14.2. The maximum Gasteiger partial charge on any atom is 0.295 e. The number of benzene rings is 4. The van der Waals surface area contributed by atoms with Gasteiger partial charge in [0, 0.05) is 17.6 Å². The Bertz CT molecular complexity index is 1730. The lowest BCUT2D eigenvalue weighted by Gasteiger charge is -2.17. The minimum atomic E-state index is -0.664. The number of thioether (sulfide) groups is 1. The van der Waals surface area contributed by atoms with Crippen molar-refractivity contribution < 1.29 is 14.3 Å². The van der Waals surface area contributed by atoms with E-state index in [1.54, 1.807) is 36.9 Å². The zero-order valence-electron chi connectivity index (χ0n) is 23.2. The topological polar surface area (TPSA) is 94.4 Å². The van der Waals surface area contributed by atoms with E-state index in [0.717, 1.165) is 10.5 Å². The molecule has 0 radical (unpaired) electrons. The molecule has 5 aromatic rings. The van der Waals surface area contributed by atoms with Crippen molar-refractivity contribution >= 4 is 35.0 Å². The zero-order chi connectivity index (χ0) is 29.5. The lowest BCUT2D eigenvalue weighted by atomic mass is 10.1. The number of ether oxygens (including phenoxy) is 1. The van der Waals surface area contributed by atoms with Crippen LogP contribution < -0.4 is 20.9 Å². The number of amides is 2. The highest BCUT2D eigenvalue weighted by molar-refractivity contribution is 8.00. The van der Waals surface area contributed by atoms with Crippen LogP contribution in [0.25, 0.3) is 5.69 Å². The fraction of sp³-hybridized carbons (Fsp3) is 0.121. The van der Waals surface area contributed by atoms with Gasteiger partial charge < -0.3 is 15.4 Å². The largest absolute Gasteiger partial charge is 0.484 e. The molecule has 0 spiro atoms. The number of aromatic nitrogens is 2. The van der Waals surface area contributed by atoms with Crippen LogP contribution in [0.2, 0.25) is 0 Å². The number of carbonyl (C=O) groups excluding carboxylic acids is 2. The molecule has 1 atom stereocenters. The maximum atomic E-state index is 13.8. The average molecular weight is 579 g/mol. The molecule has 9 heteroatoms. The Kier molecular flexibility index (Phi) is 8.89. The second-order valence-corrected chi connectivity index (χ2v) is 10.7. The Labute approximate surface area is 247 Å². The second kappa shape index (κ2) is 13.1. The van der Waals surface area contributed by atoms with Gasteiger partial charge in [0.2, 0.25) is 5.91 Å². The van der Waals surface area contributed by atoms with Crippen LogP contribution in [0.4, 0.5) is 11.4 Å². The van der Waals surface area contributed by atoms with Crippen molar-refractivity contribution in [1.82, 2.24) is 9.36 Å². The molecule has 42 heavy (non-hydrogen) atoms. The SMILES string of the molecule is Cc1c(NC(=O)C(Sc2cccc(NC(=O)COc3ccccc3)c2)c2ccccc2)c(=O)n(-c2ccccc2)n1C. The molecule has 0 saturated carbocycles. The van der Waals surface area contributed by atoms with Crippen molar-refractivity contribution in [2.75, 3.05) is 17.2 Å². The highest BCUT2D eigenvalue weighted by Gasteiger charge is 2.26. The van der Waals surface area contributed by atoms with Crippen molar-refractivity contribution in [3.8, 4) is 11.4 Å². The fourth-order valence-electron chi connectivity index (χ4n) is 4.45. The predicted molar refractivity (Wildman–Crippen MR) is 166 cm³/mol. The van der Waals surface area contributed by atoms with E-state index in [9.17, 15) is 14.4 Å². The summed E-state index contributed by atoms with van der Waals surface area (Å²) in [6.07, 6.45) is 0. The summed E-state index contributed by atoms with van der Waals surface area (Å²) in [5, 5.41) is 5.09. The zero-order valence-corrected chi connectivity index (χ0v) is 24.0. The Hall–Kier alpha value is -5.02.